The summed E-state index contributed by atoms with van der Waals surface area (Å²) in [7, 11) is -1.70. The fourth-order valence-corrected chi connectivity index (χ4v) is 21.8. The number of methoxy groups -OCH3 is 4. The molecule has 130 heavy (non-hydrogen) atoms. The van der Waals surface area contributed by atoms with Gasteiger partial charge in [-0.3, -0.25) is 47.8 Å². The van der Waals surface area contributed by atoms with E-state index in [1.807, 2.05) is 139 Å². The summed E-state index contributed by atoms with van der Waals surface area (Å²) in [5, 5.41) is 2.55. The van der Waals surface area contributed by atoms with E-state index in [1.54, 1.807) is 82.1 Å². The third kappa shape index (κ3) is 21.7. The smallest absolute Gasteiger partial charge is 0.306 e. The second kappa shape index (κ2) is 39.6. The first-order chi connectivity index (χ1) is 61.5. The minimum absolute atomic E-state index is 0.00949. The van der Waals surface area contributed by atoms with E-state index in [-0.39, 0.29) is 147 Å². The number of benzene rings is 4. The summed E-state index contributed by atoms with van der Waals surface area (Å²) in [4.78, 5) is 128. The van der Waals surface area contributed by atoms with Gasteiger partial charge < -0.3 is 57.2 Å². The fraction of sp³-hybridized carbons (Fsp3) is 0.580. The van der Waals surface area contributed by atoms with Crippen LogP contribution in [0.3, 0.4) is 0 Å². The molecule has 14 rings (SSSR count). The van der Waals surface area contributed by atoms with Crippen LogP contribution < -0.4 is 47.3 Å². The number of esters is 2. The lowest BCUT2D eigenvalue weighted by atomic mass is 9.82. The van der Waals surface area contributed by atoms with Crippen molar-refractivity contribution in [2.75, 3.05) is 41.5 Å². The third-order valence-corrected chi connectivity index (χ3v) is 31.6. The van der Waals surface area contributed by atoms with Crippen molar-refractivity contribution in [3.05, 3.63) is 109 Å². The van der Waals surface area contributed by atoms with Crippen molar-refractivity contribution in [1.29, 1.82) is 0 Å². The molecule has 0 radical (unpaired) electrons. The van der Waals surface area contributed by atoms with Gasteiger partial charge in [0.2, 0.25) is 55.4 Å². The molecule has 4 aliphatic carbocycles. The van der Waals surface area contributed by atoms with Crippen molar-refractivity contribution in [3.63, 3.8) is 0 Å². The van der Waals surface area contributed by atoms with Crippen molar-refractivity contribution < 1.29 is 103 Å². The summed E-state index contributed by atoms with van der Waals surface area (Å²) in [6.07, 6.45) is 11.5. The number of Topliss-reactive ketones (excluding diaryl/α,β-unsaturated/α-hetero) is 2. The second-order valence-corrected chi connectivity index (χ2v) is 43.5. The number of rotatable bonds is 26. The van der Waals surface area contributed by atoms with Crippen molar-refractivity contribution in [1.82, 2.24) is 29.2 Å². The topological polar surface area (TPSA) is 353 Å². The molecule has 4 saturated carbocycles. The Balaban J connectivity index is 0.000000222. The maximum atomic E-state index is 15.1. The monoisotopic (exact) mass is 1830 g/mol. The van der Waals surface area contributed by atoms with Crippen LogP contribution in [0.15, 0.2) is 109 Å². The summed E-state index contributed by atoms with van der Waals surface area (Å²) in [6, 6.07) is 23.8. The molecular weight excluding hydrogens is 1700 g/mol. The fourth-order valence-electron chi connectivity index (χ4n) is 19.1. The van der Waals surface area contributed by atoms with Crippen LogP contribution in [0.25, 0.3) is 44.1 Å². The first kappa shape index (κ1) is 97.2. The number of ether oxygens (including phenoxy) is 10. The normalized spacial score (nSPS) is 27.2. The molecule has 2 aromatic heterocycles. The highest BCUT2D eigenvalue weighted by Gasteiger charge is 2.65. The minimum atomic E-state index is -3.99. The predicted octanol–water partition coefficient (Wildman–Crippen LogP) is 16.0. The van der Waals surface area contributed by atoms with Crippen LogP contribution in [0.5, 0.6) is 46.3 Å². The minimum Gasteiger partial charge on any atom is -0.497 e. The lowest BCUT2D eigenvalue weighted by molar-refractivity contribution is -0.154. The lowest BCUT2D eigenvalue weighted by Gasteiger charge is -2.32. The van der Waals surface area contributed by atoms with Gasteiger partial charge >= 0.3 is 11.9 Å². The Morgan fingerprint density at radius 3 is 1.15 bits per heavy atom. The van der Waals surface area contributed by atoms with E-state index in [2.05, 4.69) is 23.3 Å². The SMILES string of the molecule is COc1ccc2c(O[C@@H]3C[C@H]4C(=O)C[C@]5(C(=O)NS(=O)(=O)C6(C)CC6)C[C@H]5/C=C\CC[C@@H](C)C[C@@H](C)[C@H](CC(=O)OC(C)C)C(=O)N4C3)nc(-c3ccc(OC(C)C)cc3)c(OC)c2c1.COc1ccc2c(O[C@@H]3C[C@H]4C(=O)C[C@]5(C(=O)NS(=O)(=O)C6(C)CC6)C[C@H]5/C=C\CC[C@H](C)C[C@@H](C)[C@H](CC(=O)OC(C)C)C(=O)N4C3)nc(-c3ccc(OC(C)C)cc3)c(OC)c2c1. The van der Waals surface area contributed by atoms with Crippen LogP contribution in [-0.4, -0.2) is 183 Å². The van der Waals surface area contributed by atoms with Gasteiger partial charge in [-0.1, -0.05) is 52.0 Å². The van der Waals surface area contributed by atoms with E-state index in [1.165, 1.54) is 9.80 Å². The maximum Gasteiger partial charge on any atom is 0.306 e. The number of allylic oxidation sites excluding steroid dienone is 4. The summed E-state index contributed by atoms with van der Waals surface area (Å²) in [5.74, 6) is -2.37. The first-order valence-corrected chi connectivity index (χ1v) is 49.0. The number of ketones is 2. The lowest BCUT2D eigenvalue weighted by Crippen LogP contribution is -2.48. The number of hydrogen-bond donors (Lipinski definition) is 2. The Bertz CT molecular complexity index is 5200. The zero-order chi connectivity index (χ0) is 94.0. The molecule has 6 aromatic rings. The quantitative estimate of drug-likeness (QED) is 0.0376. The van der Waals surface area contributed by atoms with E-state index < -0.39 is 100 Å². The van der Waals surface area contributed by atoms with E-state index in [4.69, 9.17) is 57.3 Å². The molecule has 4 aliphatic heterocycles. The van der Waals surface area contributed by atoms with E-state index >= 15 is 9.59 Å². The van der Waals surface area contributed by atoms with Gasteiger partial charge in [-0.15, -0.1) is 0 Å². The van der Waals surface area contributed by atoms with Gasteiger partial charge in [-0.2, -0.15) is 0 Å². The Morgan fingerprint density at radius 2 is 0.823 bits per heavy atom. The molecule has 6 fully saturated rings. The second-order valence-electron chi connectivity index (χ2n) is 39.1. The van der Waals surface area contributed by atoms with Gasteiger partial charge in [0.15, 0.2) is 23.1 Å². The number of fused-ring (bicyclic) bond motifs is 6. The Hall–Kier alpha value is -10.4. The van der Waals surface area contributed by atoms with Crippen molar-refractivity contribution in [2.24, 2.45) is 58.2 Å². The number of nitrogens with one attached hydrogen (secondary N) is 2. The average Bonchev–Trinajstić information content (AvgIpc) is 1.56. The largest absolute Gasteiger partial charge is 0.497 e. The third-order valence-electron chi connectivity index (χ3n) is 27.3. The highest BCUT2D eigenvalue weighted by molar-refractivity contribution is 7.92. The van der Waals surface area contributed by atoms with Gasteiger partial charge in [-0.05, 0) is 267 Å². The molecule has 30 heteroatoms. The molecule has 704 valence electrons. The first-order valence-electron chi connectivity index (χ1n) is 46.1. The number of carbonyl (C=O) groups excluding carboxylic acids is 8. The maximum absolute atomic E-state index is 15.1. The van der Waals surface area contributed by atoms with Crippen LogP contribution in [-0.2, 0) is 67.9 Å². The van der Waals surface area contributed by atoms with E-state index in [9.17, 15) is 45.6 Å². The molecule has 6 heterocycles. The average molecular weight is 1830 g/mol. The summed E-state index contributed by atoms with van der Waals surface area (Å²) >= 11 is 0. The van der Waals surface area contributed by atoms with Crippen LogP contribution in [0, 0.1) is 58.2 Å². The Labute approximate surface area is 764 Å². The molecule has 8 aliphatic rings. The zero-order valence-electron chi connectivity index (χ0n) is 78.4. The molecule has 2 N–H and O–H groups in total. The molecule has 14 atom stereocenters. The summed E-state index contributed by atoms with van der Waals surface area (Å²) in [5.41, 5.74) is -0.187. The number of amides is 4. The van der Waals surface area contributed by atoms with Crippen LogP contribution in [0.2, 0.25) is 0 Å². The van der Waals surface area contributed by atoms with Crippen LogP contribution in [0.4, 0.5) is 0 Å². The Kier molecular flexibility index (Phi) is 29.6. The highest BCUT2D eigenvalue weighted by Crippen LogP contribution is 2.60. The molecular formula is C100H130N6O22S2. The number of nitrogens with zero attached hydrogens (tertiary/aromatic N) is 4. The predicted molar refractivity (Wildman–Crippen MR) is 492 cm³/mol. The van der Waals surface area contributed by atoms with E-state index in [0.717, 1.165) is 24.0 Å². The number of pyridine rings is 2. The van der Waals surface area contributed by atoms with Gasteiger partial charge in [0.05, 0.1) is 123 Å². The molecule has 0 bridgehead atoms. The van der Waals surface area contributed by atoms with Gasteiger partial charge in [0.1, 0.15) is 46.6 Å². The van der Waals surface area contributed by atoms with Crippen molar-refractivity contribution >= 4 is 88.7 Å². The van der Waals surface area contributed by atoms with Gasteiger partial charge in [0.25, 0.3) is 0 Å². The van der Waals surface area contributed by atoms with Crippen LogP contribution >= 0.6 is 0 Å². The zero-order valence-corrected chi connectivity index (χ0v) is 80.0. The number of aromatic nitrogens is 2. The molecule has 0 spiro atoms. The molecule has 4 amide bonds. The number of carbonyl (C=O) groups is 8. The van der Waals surface area contributed by atoms with Crippen molar-refractivity contribution in [3.8, 4) is 68.8 Å². The summed E-state index contributed by atoms with van der Waals surface area (Å²) < 4.78 is 116. The van der Waals surface area contributed by atoms with Crippen molar-refractivity contribution in [2.45, 2.75) is 271 Å². The highest BCUT2D eigenvalue weighted by atomic mass is 32.2. The molecule has 28 nitrogen and oxygen atoms in total. The number of sulfonamides is 2. The van der Waals surface area contributed by atoms with E-state index in [0.29, 0.717) is 132 Å². The molecule has 0 unspecified atom stereocenters. The molecule has 4 aromatic carbocycles. The van der Waals surface area contributed by atoms with Gasteiger partial charge in [-0.25, -0.2) is 26.8 Å². The Morgan fingerprint density at radius 1 is 0.469 bits per heavy atom. The molecule has 2 saturated heterocycles. The van der Waals surface area contributed by atoms with Crippen LogP contribution in [0.1, 0.15) is 213 Å². The standard InChI is InChI=1S/2C50H65N3O11S/c2*1-29(2)62-35-16-14-33(15-17-35)44-45(61-9)40-23-36(60-8)18-19-38(40)46(51-44)64-37-24-41-42(54)27-50(48(57)52-65(58,59)49(7)20-21-49)26-34(50)13-11-10-12-31(5)22-32(6)39(47(56)53(41)28-37)25-43(55)63-30(3)4/h2*11,13-19,23,29-32,34,37,39,41H,10,12,20-22,24-28H2,1-9H3,(H,52,57)/b2*13-11-/t31-,32+,34+,37+,39-,41-,50+;31-,32-,34-,37-,39+,41+,50-/m01/s1. The summed E-state index contributed by atoms with van der Waals surface area (Å²) in [6.45, 7) is 26.2. The number of hydrogen-bond acceptors (Lipinski definition) is 24. The van der Waals surface area contributed by atoms with Gasteiger partial charge in [0, 0.05) is 58.4 Å².